The number of hydrogen-bond acceptors (Lipinski definition) is 4. The molecule has 1 saturated heterocycles. The van der Waals surface area contributed by atoms with Crippen LogP contribution in [0.4, 0.5) is 4.39 Å². The number of rotatable bonds is 4. The number of Topliss-reactive ketones (excluding diaryl/α,β-unsaturated/α-hetero) is 1. The van der Waals surface area contributed by atoms with Gasteiger partial charge in [-0.25, -0.2) is 4.39 Å². The van der Waals surface area contributed by atoms with Gasteiger partial charge in [0.2, 0.25) is 0 Å². The molecule has 5 nitrogen and oxygen atoms in total. The van der Waals surface area contributed by atoms with Crippen LogP contribution in [0.5, 0.6) is 0 Å². The number of likely N-dealkylation sites (tertiary alicyclic amines) is 1. The van der Waals surface area contributed by atoms with Crippen LogP contribution in [0.1, 0.15) is 33.0 Å². The minimum absolute atomic E-state index is 0.110. The number of aromatic nitrogens is 2. The van der Waals surface area contributed by atoms with E-state index in [1.807, 2.05) is 17.5 Å². The third-order valence-corrected chi connectivity index (χ3v) is 5.68. The highest BCUT2D eigenvalue weighted by atomic mass is 32.1. The lowest BCUT2D eigenvalue weighted by Gasteiger charge is -2.31. The Hall–Kier alpha value is -2.80. The molecule has 7 heteroatoms. The maximum absolute atomic E-state index is 13.1. The fourth-order valence-corrected chi connectivity index (χ4v) is 4.11. The monoisotopic (exact) mass is 383 g/mol. The second-order valence-electron chi connectivity index (χ2n) is 6.61. The van der Waals surface area contributed by atoms with Gasteiger partial charge in [0.25, 0.3) is 5.91 Å². The first-order valence-corrected chi connectivity index (χ1v) is 9.68. The molecule has 27 heavy (non-hydrogen) atoms. The summed E-state index contributed by atoms with van der Waals surface area (Å²) in [6.07, 6.45) is 1.59. The van der Waals surface area contributed by atoms with E-state index >= 15 is 0 Å². The van der Waals surface area contributed by atoms with E-state index in [1.165, 1.54) is 23.5 Å². The van der Waals surface area contributed by atoms with Crippen LogP contribution in [0.3, 0.4) is 0 Å². The highest BCUT2D eigenvalue weighted by Crippen LogP contribution is 2.25. The standard InChI is InChI=1S/C20H18FN3O2S/c21-15-7-5-13(6-8-15)16-11-17(23-22-16)20(26)24-9-1-3-14(12-24)19(25)18-4-2-10-27-18/h2,4-8,10-11,14H,1,3,9,12H2,(H,22,23). The largest absolute Gasteiger partial charge is 0.337 e. The van der Waals surface area contributed by atoms with Crippen molar-refractivity contribution in [3.05, 3.63) is 64.2 Å². The number of thiophene rings is 1. The number of ketones is 1. The molecule has 1 N–H and O–H groups in total. The van der Waals surface area contributed by atoms with Crippen molar-refractivity contribution in [1.29, 1.82) is 0 Å². The van der Waals surface area contributed by atoms with Gasteiger partial charge in [-0.15, -0.1) is 11.3 Å². The summed E-state index contributed by atoms with van der Waals surface area (Å²) in [5.74, 6) is -0.542. The maximum atomic E-state index is 13.1. The zero-order chi connectivity index (χ0) is 18.8. The summed E-state index contributed by atoms with van der Waals surface area (Å²) in [5.41, 5.74) is 1.69. The van der Waals surface area contributed by atoms with Crippen LogP contribution in [0.25, 0.3) is 11.3 Å². The number of carbonyl (C=O) groups is 2. The number of nitrogens with zero attached hydrogens (tertiary/aromatic N) is 2. The Morgan fingerprint density at radius 1 is 1.22 bits per heavy atom. The Balaban J connectivity index is 1.48. The number of benzene rings is 1. The Kier molecular flexibility index (Phi) is 4.85. The lowest BCUT2D eigenvalue weighted by Crippen LogP contribution is -2.42. The normalized spacial score (nSPS) is 17.1. The van der Waals surface area contributed by atoms with Gasteiger partial charge in [-0.2, -0.15) is 5.10 Å². The number of piperidine rings is 1. The first-order chi connectivity index (χ1) is 13.1. The van der Waals surface area contributed by atoms with Gasteiger partial charge in [-0.05, 0) is 54.6 Å². The summed E-state index contributed by atoms with van der Waals surface area (Å²) >= 11 is 1.44. The number of nitrogens with one attached hydrogen (secondary N) is 1. The van der Waals surface area contributed by atoms with Gasteiger partial charge in [0.1, 0.15) is 11.5 Å². The average Bonchev–Trinajstić information content (AvgIpc) is 3.40. The molecule has 1 atom stereocenters. The Morgan fingerprint density at radius 3 is 2.78 bits per heavy atom. The zero-order valence-electron chi connectivity index (χ0n) is 14.5. The molecule has 0 spiro atoms. The third-order valence-electron chi connectivity index (χ3n) is 4.79. The number of amides is 1. The Labute approximate surface area is 159 Å². The summed E-state index contributed by atoms with van der Waals surface area (Å²) in [6, 6.07) is 11.3. The number of hydrogen-bond donors (Lipinski definition) is 1. The van der Waals surface area contributed by atoms with Crippen molar-refractivity contribution in [2.45, 2.75) is 12.8 Å². The van der Waals surface area contributed by atoms with Gasteiger partial charge >= 0.3 is 0 Å². The molecule has 4 rings (SSSR count). The van der Waals surface area contributed by atoms with Crippen LogP contribution in [-0.4, -0.2) is 39.9 Å². The number of H-pyrrole nitrogens is 1. The van der Waals surface area contributed by atoms with Gasteiger partial charge in [-0.1, -0.05) is 6.07 Å². The first-order valence-electron chi connectivity index (χ1n) is 8.80. The lowest BCUT2D eigenvalue weighted by atomic mass is 9.93. The maximum Gasteiger partial charge on any atom is 0.271 e. The zero-order valence-corrected chi connectivity index (χ0v) is 15.3. The smallest absolute Gasteiger partial charge is 0.271 e. The molecule has 138 valence electrons. The van der Waals surface area contributed by atoms with E-state index in [2.05, 4.69) is 10.2 Å². The number of halogens is 1. The van der Waals surface area contributed by atoms with Crippen molar-refractivity contribution in [3.8, 4) is 11.3 Å². The van der Waals surface area contributed by atoms with E-state index < -0.39 is 0 Å². The van der Waals surface area contributed by atoms with Crippen LogP contribution in [0.15, 0.2) is 47.8 Å². The van der Waals surface area contributed by atoms with Crippen LogP contribution in [0, 0.1) is 11.7 Å². The molecule has 3 heterocycles. The van der Waals surface area contributed by atoms with E-state index in [1.54, 1.807) is 23.1 Å². The van der Waals surface area contributed by atoms with E-state index in [0.29, 0.717) is 24.5 Å². The Morgan fingerprint density at radius 2 is 2.04 bits per heavy atom. The minimum atomic E-state index is -0.319. The second kappa shape index (κ2) is 7.44. The van der Waals surface area contributed by atoms with Crippen molar-refractivity contribution in [3.63, 3.8) is 0 Å². The molecule has 1 unspecified atom stereocenters. The molecule has 1 amide bonds. The molecular weight excluding hydrogens is 365 g/mol. The highest BCUT2D eigenvalue weighted by Gasteiger charge is 2.30. The van der Waals surface area contributed by atoms with Crippen LogP contribution in [-0.2, 0) is 0 Å². The predicted octanol–water partition coefficient (Wildman–Crippen LogP) is 4.01. The predicted molar refractivity (Wildman–Crippen MR) is 101 cm³/mol. The molecule has 1 fully saturated rings. The van der Waals surface area contributed by atoms with Crippen LogP contribution < -0.4 is 0 Å². The van der Waals surface area contributed by atoms with E-state index in [0.717, 1.165) is 23.3 Å². The SMILES string of the molecule is O=C(c1cccs1)C1CCCN(C(=O)c2cc(-c3ccc(F)cc3)n[nH]2)C1. The molecule has 0 bridgehead atoms. The van der Waals surface area contributed by atoms with Crippen molar-refractivity contribution >= 4 is 23.0 Å². The molecule has 1 aromatic carbocycles. The average molecular weight is 383 g/mol. The second-order valence-corrected chi connectivity index (χ2v) is 7.55. The van der Waals surface area contributed by atoms with Gasteiger partial charge in [0, 0.05) is 24.6 Å². The van der Waals surface area contributed by atoms with Gasteiger partial charge in [0.15, 0.2) is 5.78 Å². The van der Waals surface area contributed by atoms with Crippen molar-refractivity contribution in [2.24, 2.45) is 5.92 Å². The van der Waals surface area contributed by atoms with Crippen LogP contribution >= 0.6 is 11.3 Å². The number of carbonyl (C=O) groups excluding carboxylic acids is 2. The minimum Gasteiger partial charge on any atom is -0.337 e. The van der Waals surface area contributed by atoms with Gasteiger partial charge in [-0.3, -0.25) is 14.7 Å². The molecule has 1 aliphatic rings. The van der Waals surface area contributed by atoms with E-state index in [-0.39, 0.29) is 23.4 Å². The van der Waals surface area contributed by atoms with E-state index in [4.69, 9.17) is 0 Å². The van der Waals surface area contributed by atoms with Crippen LogP contribution in [0.2, 0.25) is 0 Å². The van der Waals surface area contributed by atoms with Crippen molar-refractivity contribution < 1.29 is 14.0 Å². The highest BCUT2D eigenvalue weighted by molar-refractivity contribution is 7.12. The third kappa shape index (κ3) is 3.68. The Bertz CT molecular complexity index is 950. The van der Waals surface area contributed by atoms with Crippen molar-refractivity contribution in [2.75, 3.05) is 13.1 Å². The summed E-state index contributed by atoms with van der Waals surface area (Å²) in [7, 11) is 0. The number of aromatic amines is 1. The molecule has 0 radical (unpaired) electrons. The molecule has 0 saturated carbocycles. The molecular formula is C20H18FN3O2S. The summed E-state index contributed by atoms with van der Waals surface area (Å²) < 4.78 is 13.1. The fourth-order valence-electron chi connectivity index (χ4n) is 3.37. The van der Waals surface area contributed by atoms with E-state index in [9.17, 15) is 14.0 Å². The van der Waals surface area contributed by atoms with Gasteiger partial charge < -0.3 is 4.90 Å². The van der Waals surface area contributed by atoms with Crippen molar-refractivity contribution in [1.82, 2.24) is 15.1 Å². The topological polar surface area (TPSA) is 66.1 Å². The molecule has 0 aliphatic carbocycles. The summed E-state index contributed by atoms with van der Waals surface area (Å²) in [6.45, 7) is 1.04. The molecule has 1 aliphatic heterocycles. The summed E-state index contributed by atoms with van der Waals surface area (Å²) in [5, 5.41) is 8.83. The first kappa shape index (κ1) is 17.6. The molecule has 3 aromatic rings. The molecule has 2 aromatic heterocycles. The van der Waals surface area contributed by atoms with Gasteiger partial charge in [0.05, 0.1) is 10.6 Å². The lowest BCUT2D eigenvalue weighted by molar-refractivity contribution is 0.0633. The quantitative estimate of drug-likeness (QED) is 0.692. The summed E-state index contributed by atoms with van der Waals surface area (Å²) in [4.78, 5) is 27.9. The fraction of sp³-hybridized carbons (Fsp3) is 0.250.